The first-order chi connectivity index (χ1) is 7.56. The topological polar surface area (TPSA) is 69.6 Å². The van der Waals surface area contributed by atoms with E-state index in [1.54, 1.807) is 12.1 Å². The zero-order valence-corrected chi connectivity index (χ0v) is 9.47. The van der Waals surface area contributed by atoms with E-state index in [4.69, 9.17) is 5.11 Å². The van der Waals surface area contributed by atoms with Gasteiger partial charge in [-0.1, -0.05) is 24.3 Å². The molecule has 4 nitrogen and oxygen atoms in total. The Morgan fingerprint density at radius 1 is 1.38 bits per heavy atom. The van der Waals surface area contributed by atoms with Crippen molar-refractivity contribution in [1.29, 1.82) is 0 Å². The van der Waals surface area contributed by atoms with Gasteiger partial charge >= 0.3 is 0 Å². The molecule has 0 spiro atoms. The van der Waals surface area contributed by atoms with Gasteiger partial charge in [0.25, 0.3) is 0 Å². The smallest absolute Gasteiger partial charge is 0.217 e. The highest BCUT2D eigenvalue weighted by atomic mass is 16.3. The zero-order chi connectivity index (χ0) is 12.1. The third kappa shape index (κ3) is 3.05. The van der Waals surface area contributed by atoms with Gasteiger partial charge in [-0.15, -0.1) is 0 Å². The Balaban J connectivity index is 2.98. The lowest BCUT2D eigenvalue weighted by atomic mass is 9.97. The van der Waals surface area contributed by atoms with Crippen LogP contribution in [0.3, 0.4) is 0 Å². The van der Waals surface area contributed by atoms with Crippen molar-refractivity contribution in [2.45, 2.75) is 26.0 Å². The fraction of sp³-hybridized carbons (Fsp3) is 0.417. The third-order valence-corrected chi connectivity index (χ3v) is 2.41. The fourth-order valence-corrected chi connectivity index (χ4v) is 1.69. The molecule has 0 bridgehead atoms. The summed E-state index contributed by atoms with van der Waals surface area (Å²) in [5.41, 5.74) is 1.46. The first-order valence-corrected chi connectivity index (χ1v) is 5.21. The molecule has 1 amide bonds. The molecule has 0 unspecified atom stereocenters. The quantitative estimate of drug-likeness (QED) is 0.710. The van der Waals surface area contributed by atoms with E-state index in [-0.39, 0.29) is 18.6 Å². The van der Waals surface area contributed by atoms with Crippen LogP contribution < -0.4 is 5.32 Å². The van der Waals surface area contributed by atoms with Crippen LogP contribution in [-0.2, 0) is 4.79 Å². The maximum atomic E-state index is 11.0. The maximum absolute atomic E-state index is 11.0. The Bertz CT molecular complexity index is 365. The van der Waals surface area contributed by atoms with E-state index in [2.05, 4.69) is 5.32 Å². The summed E-state index contributed by atoms with van der Waals surface area (Å²) < 4.78 is 0. The highest BCUT2D eigenvalue weighted by molar-refractivity contribution is 5.73. The van der Waals surface area contributed by atoms with Crippen LogP contribution in [0.2, 0.25) is 0 Å². The van der Waals surface area contributed by atoms with Crippen LogP contribution in [0.5, 0.6) is 0 Å². The summed E-state index contributed by atoms with van der Waals surface area (Å²) >= 11 is 0. The van der Waals surface area contributed by atoms with Crippen molar-refractivity contribution < 1.29 is 15.0 Å². The monoisotopic (exact) mass is 223 g/mol. The minimum Gasteiger partial charge on any atom is -0.393 e. The predicted octanol–water partition coefficient (Wildman–Crippen LogP) is 0.909. The Labute approximate surface area is 94.9 Å². The highest BCUT2D eigenvalue weighted by Gasteiger charge is 2.15. The number of benzene rings is 1. The van der Waals surface area contributed by atoms with Gasteiger partial charge in [-0.3, -0.25) is 4.79 Å². The summed E-state index contributed by atoms with van der Waals surface area (Å²) in [4.78, 5) is 11.0. The van der Waals surface area contributed by atoms with Gasteiger partial charge in [0.2, 0.25) is 5.91 Å². The molecular weight excluding hydrogens is 206 g/mol. The summed E-state index contributed by atoms with van der Waals surface area (Å²) in [6.07, 6.45) is -0.910. The molecule has 1 aromatic carbocycles. The van der Waals surface area contributed by atoms with Crippen LogP contribution in [0.1, 0.15) is 37.1 Å². The van der Waals surface area contributed by atoms with Crippen molar-refractivity contribution in [2.75, 3.05) is 6.61 Å². The van der Waals surface area contributed by atoms with E-state index in [9.17, 15) is 9.90 Å². The largest absolute Gasteiger partial charge is 0.393 e. The molecule has 16 heavy (non-hydrogen) atoms. The van der Waals surface area contributed by atoms with Gasteiger partial charge in [-0.05, 0) is 18.1 Å². The summed E-state index contributed by atoms with van der Waals surface area (Å²) in [7, 11) is 0. The number of hydrogen-bond acceptors (Lipinski definition) is 3. The van der Waals surface area contributed by atoms with Crippen LogP contribution >= 0.6 is 0 Å². The van der Waals surface area contributed by atoms with Gasteiger partial charge in [-0.25, -0.2) is 0 Å². The Morgan fingerprint density at radius 2 is 1.94 bits per heavy atom. The van der Waals surface area contributed by atoms with Gasteiger partial charge in [-0.2, -0.15) is 0 Å². The van der Waals surface area contributed by atoms with E-state index in [0.717, 1.165) is 5.56 Å². The van der Waals surface area contributed by atoms with Crippen molar-refractivity contribution in [2.24, 2.45) is 0 Å². The van der Waals surface area contributed by atoms with Crippen molar-refractivity contribution in [1.82, 2.24) is 5.32 Å². The number of rotatable bonds is 4. The van der Waals surface area contributed by atoms with Crippen LogP contribution in [0.25, 0.3) is 0 Å². The van der Waals surface area contributed by atoms with Crippen LogP contribution in [0.4, 0.5) is 0 Å². The summed E-state index contributed by atoms with van der Waals surface area (Å²) in [5, 5.41) is 21.3. The molecule has 0 fully saturated rings. The standard InChI is InChI=1S/C12H17NO3/c1-8(13-9(2)15)10-5-3-4-6-11(10)12(16)7-14/h3-6,8,12,14,16H,7H2,1-2H3,(H,13,15)/t8-,12-/m0/s1. The SMILES string of the molecule is CC(=O)N[C@@H](C)c1ccccc1[C@@H](O)CO. The number of nitrogens with one attached hydrogen (secondary N) is 1. The number of amides is 1. The van der Waals surface area contributed by atoms with Crippen molar-refractivity contribution in [3.63, 3.8) is 0 Å². The third-order valence-electron chi connectivity index (χ3n) is 2.41. The molecule has 4 heteroatoms. The zero-order valence-electron chi connectivity index (χ0n) is 9.47. The lowest BCUT2D eigenvalue weighted by Gasteiger charge is -2.19. The summed E-state index contributed by atoms with van der Waals surface area (Å²) in [5.74, 6) is -0.124. The summed E-state index contributed by atoms with van der Waals surface area (Å²) in [6.45, 7) is 2.95. The van der Waals surface area contributed by atoms with E-state index in [1.165, 1.54) is 6.92 Å². The molecule has 0 aliphatic heterocycles. The van der Waals surface area contributed by atoms with Gasteiger partial charge in [0, 0.05) is 6.92 Å². The fourth-order valence-electron chi connectivity index (χ4n) is 1.69. The van der Waals surface area contributed by atoms with E-state index < -0.39 is 6.10 Å². The average molecular weight is 223 g/mol. The molecule has 0 saturated heterocycles. The molecule has 0 radical (unpaired) electrons. The molecule has 0 aromatic heterocycles. The van der Waals surface area contributed by atoms with Gasteiger partial charge in [0.05, 0.1) is 12.6 Å². The number of carbonyl (C=O) groups excluding carboxylic acids is 1. The first-order valence-electron chi connectivity index (χ1n) is 5.21. The molecule has 1 aromatic rings. The highest BCUT2D eigenvalue weighted by Crippen LogP contribution is 2.23. The molecule has 0 aliphatic carbocycles. The van der Waals surface area contributed by atoms with Crippen LogP contribution in [0.15, 0.2) is 24.3 Å². The molecule has 0 heterocycles. The minimum absolute atomic E-state index is 0.124. The molecule has 3 N–H and O–H groups in total. The van der Waals surface area contributed by atoms with Gasteiger partial charge in [0.15, 0.2) is 0 Å². The molecule has 0 saturated carbocycles. The number of carbonyl (C=O) groups is 1. The molecule has 2 atom stereocenters. The van der Waals surface area contributed by atoms with Crippen molar-refractivity contribution >= 4 is 5.91 Å². The maximum Gasteiger partial charge on any atom is 0.217 e. The van der Waals surface area contributed by atoms with E-state index in [0.29, 0.717) is 5.56 Å². The molecule has 1 rings (SSSR count). The second kappa shape index (κ2) is 5.63. The average Bonchev–Trinajstić information content (AvgIpc) is 2.27. The molecular formula is C12H17NO3. The minimum atomic E-state index is -0.910. The number of aliphatic hydroxyl groups is 2. The van der Waals surface area contributed by atoms with Crippen LogP contribution in [-0.4, -0.2) is 22.7 Å². The van der Waals surface area contributed by atoms with Gasteiger partial charge < -0.3 is 15.5 Å². The number of hydrogen-bond donors (Lipinski definition) is 3. The first kappa shape index (κ1) is 12.7. The van der Waals surface area contributed by atoms with Crippen molar-refractivity contribution in [3.8, 4) is 0 Å². The predicted molar refractivity (Wildman–Crippen MR) is 60.7 cm³/mol. The van der Waals surface area contributed by atoms with Crippen molar-refractivity contribution in [3.05, 3.63) is 35.4 Å². The lowest BCUT2D eigenvalue weighted by molar-refractivity contribution is -0.119. The van der Waals surface area contributed by atoms with Crippen LogP contribution in [0, 0.1) is 0 Å². The lowest BCUT2D eigenvalue weighted by Crippen LogP contribution is -2.25. The van der Waals surface area contributed by atoms with E-state index >= 15 is 0 Å². The Hall–Kier alpha value is -1.39. The van der Waals surface area contributed by atoms with E-state index in [1.807, 2.05) is 19.1 Å². The summed E-state index contributed by atoms with van der Waals surface area (Å²) in [6, 6.07) is 7.01. The Morgan fingerprint density at radius 3 is 2.44 bits per heavy atom. The molecule has 88 valence electrons. The second-order valence-corrected chi connectivity index (χ2v) is 3.75. The molecule has 0 aliphatic rings. The Kier molecular flexibility index (Phi) is 4.46. The second-order valence-electron chi connectivity index (χ2n) is 3.75. The normalized spacial score (nSPS) is 14.2. The number of aliphatic hydroxyl groups excluding tert-OH is 2. The van der Waals surface area contributed by atoms with Gasteiger partial charge in [0.1, 0.15) is 6.10 Å².